The molecule has 0 saturated carbocycles. The maximum Gasteiger partial charge on any atom is 0.240 e. The lowest BCUT2D eigenvalue weighted by atomic mass is 10.1. The van der Waals surface area contributed by atoms with Gasteiger partial charge in [0.15, 0.2) is 0 Å². The fourth-order valence-electron chi connectivity index (χ4n) is 2.27. The largest absolute Gasteiger partial charge is 0.375 e. The van der Waals surface area contributed by atoms with E-state index in [1.807, 2.05) is 6.92 Å². The van der Waals surface area contributed by atoms with Gasteiger partial charge in [-0.3, -0.25) is 4.79 Å². The Balaban J connectivity index is 2.00. The van der Waals surface area contributed by atoms with E-state index in [0.717, 1.165) is 0 Å². The number of benzene rings is 1. The summed E-state index contributed by atoms with van der Waals surface area (Å²) in [6.45, 7) is 3.33. The molecule has 7 nitrogen and oxygen atoms in total. The summed E-state index contributed by atoms with van der Waals surface area (Å²) in [6.07, 6.45) is -0.190. The van der Waals surface area contributed by atoms with Crippen LogP contribution in [0.15, 0.2) is 29.2 Å². The third kappa shape index (κ3) is 4.04. The minimum atomic E-state index is -3.48. The number of ether oxygens (including phenoxy) is 1. The average Bonchev–Trinajstić information content (AvgIpc) is 2.53. The zero-order valence-corrected chi connectivity index (χ0v) is 13.4. The number of nitrogens with one attached hydrogen (secondary N) is 3. The predicted octanol–water partition coefficient (Wildman–Crippen LogP) is -0.412. The third-order valence-electron chi connectivity index (χ3n) is 3.54. The highest BCUT2D eigenvalue weighted by Gasteiger charge is 2.27. The number of hydrogen-bond acceptors (Lipinski definition) is 5. The molecule has 1 aliphatic heterocycles. The fourth-order valence-corrected chi connectivity index (χ4v) is 3.07. The second kappa shape index (κ2) is 7.19. The fraction of sp³-hybridized carbons (Fsp3) is 0.500. The summed E-state index contributed by atoms with van der Waals surface area (Å²) in [5.41, 5.74) is 0.717. The molecule has 0 radical (unpaired) electrons. The molecule has 1 heterocycles. The summed E-state index contributed by atoms with van der Waals surface area (Å²) in [5.74, 6) is -0.158. The molecule has 0 spiro atoms. The van der Waals surface area contributed by atoms with Gasteiger partial charge in [-0.15, -0.1) is 0 Å². The highest BCUT2D eigenvalue weighted by atomic mass is 32.2. The van der Waals surface area contributed by atoms with Crippen LogP contribution in [0.5, 0.6) is 0 Å². The molecule has 0 aromatic heterocycles. The van der Waals surface area contributed by atoms with E-state index in [1.54, 1.807) is 18.2 Å². The van der Waals surface area contributed by atoms with E-state index < -0.39 is 16.1 Å². The topological polar surface area (TPSA) is 96.5 Å². The third-order valence-corrected chi connectivity index (χ3v) is 4.96. The number of morpholine rings is 1. The molecule has 1 aromatic carbocycles. The maximum atomic E-state index is 12.1. The monoisotopic (exact) mass is 327 g/mol. The number of hydrogen-bond donors (Lipinski definition) is 3. The Hall–Kier alpha value is -1.48. The molecule has 1 amide bonds. The molecule has 3 N–H and O–H groups in total. The quantitative estimate of drug-likeness (QED) is 0.683. The van der Waals surface area contributed by atoms with E-state index >= 15 is 0 Å². The van der Waals surface area contributed by atoms with Crippen LogP contribution in [0.4, 0.5) is 0 Å². The lowest BCUT2D eigenvalue weighted by molar-refractivity contribution is -0.129. The molecule has 0 unspecified atom stereocenters. The number of carbonyl (C=O) groups is 1. The van der Waals surface area contributed by atoms with Crippen LogP contribution in [0, 0.1) is 0 Å². The SMILES string of the molecule is CNS(=O)(=O)c1cccc(CNC(=O)[C@H]2NCCO[C@@H]2C)c1. The molecule has 1 saturated heterocycles. The lowest BCUT2D eigenvalue weighted by Crippen LogP contribution is -2.55. The van der Waals surface area contributed by atoms with Gasteiger partial charge < -0.3 is 15.4 Å². The van der Waals surface area contributed by atoms with Gasteiger partial charge in [-0.25, -0.2) is 13.1 Å². The van der Waals surface area contributed by atoms with Gasteiger partial charge in [0.2, 0.25) is 15.9 Å². The summed E-state index contributed by atoms with van der Waals surface area (Å²) in [5, 5.41) is 5.91. The Kier molecular flexibility index (Phi) is 5.52. The summed E-state index contributed by atoms with van der Waals surface area (Å²) in [4.78, 5) is 12.3. The Bertz CT molecular complexity index is 633. The first kappa shape index (κ1) is 16.9. The van der Waals surface area contributed by atoms with Crippen molar-refractivity contribution in [3.8, 4) is 0 Å². The number of rotatable bonds is 5. The van der Waals surface area contributed by atoms with Crippen molar-refractivity contribution in [2.45, 2.75) is 30.5 Å². The van der Waals surface area contributed by atoms with Crippen molar-refractivity contribution in [3.05, 3.63) is 29.8 Å². The smallest absolute Gasteiger partial charge is 0.240 e. The van der Waals surface area contributed by atoms with Crippen molar-refractivity contribution in [2.75, 3.05) is 20.2 Å². The van der Waals surface area contributed by atoms with E-state index in [9.17, 15) is 13.2 Å². The van der Waals surface area contributed by atoms with Gasteiger partial charge in [-0.1, -0.05) is 12.1 Å². The first-order valence-electron chi connectivity index (χ1n) is 7.09. The number of amides is 1. The van der Waals surface area contributed by atoms with Crippen LogP contribution in [0.25, 0.3) is 0 Å². The van der Waals surface area contributed by atoms with Gasteiger partial charge in [0.05, 0.1) is 17.6 Å². The van der Waals surface area contributed by atoms with Crippen LogP contribution in [0.2, 0.25) is 0 Å². The Labute approximate surface area is 130 Å². The summed E-state index contributed by atoms with van der Waals surface area (Å²) in [6, 6.07) is 6.08. The molecule has 0 aliphatic carbocycles. The normalized spacial score (nSPS) is 22.3. The number of carbonyl (C=O) groups excluding carboxylic acids is 1. The van der Waals surface area contributed by atoms with Crippen molar-refractivity contribution < 1.29 is 17.9 Å². The van der Waals surface area contributed by atoms with Gasteiger partial charge in [0.25, 0.3) is 0 Å². The van der Waals surface area contributed by atoms with Crippen LogP contribution >= 0.6 is 0 Å². The van der Waals surface area contributed by atoms with Crippen LogP contribution in [0.1, 0.15) is 12.5 Å². The van der Waals surface area contributed by atoms with E-state index in [0.29, 0.717) is 18.7 Å². The second-order valence-corrected chi connectivity index (χ2v) is 6.97. The van der Waals surface area contributed by atoms with Gasteiger partial charge in [0, 0.05) is 13.1 Å². The predicted molar refractivity (Wildman–Crippen MR) is 81.7 cm³/mol. The van der Waals surface area contributed by atoms with Crippen molar-refractivity contribution in [1.82, 2.24) is 15.4 Å². The molecule has 122 valence electrons. The summed E-state index contributed by atoms with van der Waals surface area (Å²) in [7, 11) is -2.12. The minimum absolute atomic E-state index is 0.158. The van der Waals surface area contributed by atoms with Gasteiger partial charge in [0.1, 0.15) is 6.04 Å². The summed E-state index contributed by atoms with van der Waals surface area (Å²) >= 11 is 0. The van der Waals surface area contributed by atoms with Gasteiger partial charge in [-0.2, -0.15) is 0 Å². The highest BCUT2D eigenvalue weighted by molar-refractivity contribution is 7.89. The second-order valence-electron chi connectivity index (χ2n) is 5.08. The molecule has 1 aliphatic rings. The van der Waals surface area contributed by atoms with E-state index in [4.69, 9.17) is 4.74 Å². The minimum Gasteiger partial charge on any atom is -0.375 e. The molecule has 8 heteroatoms. The standard InChI is InChI=1S/C14H21N3O4S/c1-10-13(16-6-7-21-10)14(18)17-9-11-4-3-5-12(8-11)22(19,20)15-2/h3-5,8,10,13,15-16H,6-7,9H2,1-2H3,(H,17,18)/t10-,13+/m1/s1. The van der Waals surface area contributed by atoms with Gasteiger partial charge >= 0.3 is 0 Å². The van der Waals surface area contributed by atoms with Crippen molar-refractivity contribution in [1.29, 1.82) is 0 Å². The molecule has 1 fully saturated rings. The Morgan fingerprint density at radius 2 is 2.23 bits per heavy atom. The first-order valence-corrected chi connectivity index (χ1v) is 8.57. The summed E-state index contributed by atoms with van der Waals surface area (Å²) < 4.78 is 31.2. The molecular weight excluding hydrogens is 306 g/mol. The number of sulfonamides is 1. The van der Waals surface area contributed by atoms with Crippen molar-refractivity contribution >= 4 is 15.9 Å². The molecule has 1 aromatic rings. The lowest BCUT2D eigenvalue weighted by Gasteiger charge is -2.29. The Morgan fingerprint density at radius 3 is 2.91 bits per heavy atom. The van der Waals surface area contributed by atoms with Crippen LogP contribution in [-0.2, 0) is 26.1 Å². The van der Waals surface area contributed by atoms with E-state index in [2.05, 4.69) is 15.4 Å². The molecule has 2 atom stereocenters. The van der Waals surface area contributed by atoms with Crippen LogP contribution in [0.3, 0.4) is 0 Å². The van der Waals surface area contributed by atoms with Crippen molar-refractivity contribution in [3.63, 3.8) is 0 Å². The van der Waals surface area contributed by atoms with Gasteiger partial charge in [-0.05, 0) is 31.7 Å². The highest BCUT2D eigenvalue weighted by Crippen LogP contribution is 2.11. The molecule has 0 bridgehead atoms. The first-order chi connectivity index (χ1) is 10.4. The molecule has 2 rings (SSSR count). The average molecular weight is 327 g/mol. The molecule has 22 heavy (non-hydrogen) atoms. The van der Waals surface area contributed by atoms with Crippen molar-refractivity contribution in [2.24, 2.45) is 0 Å². The molecular formula is C14H21N3O4S. The Morgan fingerprint density at radius 1 is 1.45 bits per heavy atom. The van der Waals surface area contributed by atoms with Crippen LogP contribution < -0.4 is 15.4 Å². The maximum absolute atomic E-state index is 12.1. The zero-order chi connectivity index (χ0) is 16.2. The van der Waals surface area contributed by atoms with Crippen LogP contribution in [-0.4, -0.2) is 46.7 Å². The van der Waals surface area contributed by atoms with E-state index in [-0.39, 0.29) is 23.5 Å². The zero-order valence-electron chi connectivity index (χ0n) is 12.6. The van der Waals surface area contributed by atoms with E-state index in [1.165, 1.54) is 13.1 Å².